The van der Waals surface area contributed by atoms with E-state index in [-0.39, 0.29) is 30.8 Å². The average molecular weight is 497 g/mol. The normalized spacial score (nSPS) is 48.1. The Kier molecular flexibility index (Phi) is 7.66. The van der Waals surface area contributed by atoms with Gasteiger partial charge in [-0.15, -0.1) is 0 Å². The number of rotatable bonds is 5. The highest BCUT2D eigenvalue weighted by Crippen LogP contribution is 2.46. The Hall–Kier alpha value is -0.580. The van der Waals surface area contributed by atoms with Crippen LogP contribution in [-0.2, 0) is 23.7 Å². The second kappa shape index (κ2) is 10.3. The number of aliphatic hydroxyl groups is 3. The zero-order chi connectivity index (χ0) is 24.8. The third-order valence-electron chi connectivity index (χ3n) is 9.07. The fraction of sp³-hybridized carbons (Fsp3) is 0.926. The van der Waals surface area contributed by atoms with Gasteiger partial charge in [-0.2, -0.15) is 0 Å². The number of aliphatic hydroxyl groups excluding tert-OH is 3. The lowest BCUT2D eigenvalue weighted by molar-refractivity contribution is -0.323. The van der Waals surface area contributed by atoms with Crippen LogP contribution in [0.15, 0.2) is 12.2 Å². The van der Waals surface area contributed by atoms with Gasteiger partial charge in [-0.3, -0.25) is 0 Å². The number of hydrogen-bond donors (Lipinski definition) is 3. The summed E-state index contributed by atoms with van der Waals surface area (Å²) in [5, 5.41) is 31.8. The molecule has 5 rings (SSSR count). The lowest BCUT2D eigenvalue weighted by Gasteiger charge is -2.50. The quantitative estimate of drug-likeness (QED) is 0.499. The van der Waals surface area contributed by atoms with Crippen LogP contribution in [0.2, 0.25) is 0 Å². The minimum atomic E-state index is -0.943. The lowest BCUT2D eigenvalue weighted by atomic mass is 9.79. The first kappa shape index (κ1) is 26.0. The molecule has 3 N–H and O–H groups in total. The Bertz CT molecular complexity index is 753. The summed E-state index contributed by atoms with van der Waals surface area (Å²) in [6.07, 6.45) is 4.81. The van der Waals surface area contributed by atoms with E-state index in [1.165, 1.54) is 0 Å². The van der Waals surface area contributed by atoms with Crippen LogP contribution in [0.5, 0.6) is 0 Å². The zero-order valence-corrected chi connectivity index (χ0v) is 21.3. The van der Waals surface area contributed by atoms with E-state index in [1.807, 2.05) is 0 Å². The summed E-state index contributed by atoms with van der Waals surface area (Å²) in [5.74, 6) is -0.751. The van der Waals surface area contributed by atoms with Gasteiger partial charge in [-0.1, -0.05) is 20.4 Å². The third-order valence-corrected chi connectivity index (χ3v) is 9.07. The minimum absolute atomic E-state index is 0.00267. The first-order chi connectivity index (χ1) is 16.7. The molecule has 8 nitrogen and oxygen atoms in total. The molecule has 5 heterocycles. The summed E-state index contributed by atoms with van der Waals surface area (Å²) < 4.78 is 31.2. The molecule has 5 saturated heterocycles. The zero-order valence-electron chi connectivity index (χ0n) is 21.3. The molecule has 0 bridgehead atoms. The third kappa shape index (κ3) is 5.10. The van der Waals surface area contributed by atoms with Crippen molar-refractivity contribution in [2.45, 2.75) is 132 Å². The Morgan fingerprint density at radius 2 is 1.80 bits per heavy atom. The van der Waals surface area contributed by atoms with Gasteiger partial charge in [0, 0.05) is 25.7 Å². The molecule has 8 heteroatoms. The van der Waals surface area contributed by atoms with E-state index >= 15 is 0 Å². The molecular weight excluding hydrogens is 452 g/mol. The standard InChI is InChI=1S/C27H44O8/c1-16-6-10-26(9-4-5-13-31-26)34-23(16)17(2)14-20(29)24-18(3)22(30)25-21(32-24)8-12-27(35-25)11-7-19(15-28)33-27/h16-17,19-25,28-30H,3-15H2,1-2H3/t16-,17+,19-,20+,21-,22-,23+,24+,25-,26+,27-/m1/s1. The van der Waals surface area contributed by atoms with Crippen molar-refractivity contribution >= 4 is 0 Å². The molecule has 0 aliphatic carbocycles. The van der Waals surface area contributed by atoms with E-state index < -0.39 is 36.0 Å². The van der Waals surface area contributed by atoms with Crippen LogP contribution in [0.25, 0.3) is 0 Å². The maximum atomic E-state index is 11.2. The highest BCUT2D eigenvalue weighted by molar-refractivity contribution is 5.19. The van der Waals surface area contributed by atoms with E-state index in [9.17, 15) is 15.3 Å². The van der Waals surface area contributed by atoms with Crippen LogP contribution in [0.1, 0.15) is 78.1 Å². The van der Waals surface area contributed by atoms with Crippen molar-refractivity contribution in [3.8, 4) is 0 Å². The van der Waals surface area contributed by atoms with Crippen LogP contribution in [0.3, 0.4) is 0 Å². The molecule has 35 heavy (non-hydrogen) atoms. The van der Waals surface area contributed by atoms with Gasteiger partial charge >= 0.3 is 0 Å². The van der Waals surface area contributed by atoms with Gasteiger partial charge in [-0.05, 0) is 55.9 Å². The van der Waals surface area contributed by atoms with Crippen molar-refractivity contribution in [1.82, 2.24) is 0 Å². The molecule has 0 saturated carbocycles. The maximum Gasteiger partial charge on any atom is 0.169 e. The maximum absolute atomic E-state index is 11.2. The molecule has 0 aromatic heterocycles. The molecule has 0 radical (unpaired) electrons. The van der Waals surface area contributed by atoms with Crippen molar-refractivity contribution in [2.75, 3.05) is 13.2 Å². The van der Waals surface area contributed by atoms with E-state index in [0.717, 1.165) is 45.1 Å². The molecule has 5 fully saturated rings. The molecule has 0 aromatic carbocycles. The Labute approximate surface area is 208 Å². The lowest BCUT2D eigenvalue weighted by Crippen LogP contribution is -2.60. The van der Waals surface area contributed by atoms with Crippen LogP contribution in [0.4, 0.5) is 0 Å². The predicted molar refractivity (Wildman–Crippen MR) is 127 cm³/mol. The van der Waals surface area contributed by atoms with Crippen molar-refractivity contribution < 1.29 is 39.0 Å². The molecule has 0 aromatic rings. The number of hydrogen-bond acceptors (Lipinski definition) is 8. The van der Waals surface area contributed by atoms with Crippen LogP contribution >= 0.6 is 0 Å². The largest absolute Gasteiger partial charge is 0.394 e. The summed E-state index contributed by atoms with van der Waals surface area (Å²) in [6.45, 7) is 9.15. The van der Waals surface area contributed by atoms with E-state index in [4.69, 9.17) is 23.7 Å². The smallest absolute Gasteiger partial charge is 0.169 e. The van der Waals surface area contributed by atoms with Gasteiger partial charge in [0.05, 0.1) is 37.6 Å². The fourth-order valence-corrected chi connectivity index (χ4v) is 6.98. The molecule has 200 valence electrons. The van der Waals surface area contributed by atoms with Gasteiger partial charge in [0.2, 0.25) is 0 Å². The second-order valence-electron chi connectivity index (χ2n) is 11.7. The first-order valence-corrected chi connectivity index (χ1v) is 13.7. The molecule has 11 atom stereocenters. The fourth-order valence-electron chi connectivity index (χ4n) is 6.98. The van der Waals surface area contributed by atoms with Crippen LogP contribution in [-0.4, -0.2) is 82.8 Å². The molecule has 0 amide bonds. The highest BCUT2D eigenvalue weighted by Gasteiger charge is 2.54. The average Bonchev–Trinajstić information content (AvgIpc) is 3.26. The Morgan fingerprint density at radius 3 is 2.51 bits per heavy atom. The summed E-state index contributed by atoms with van der Waals surface area (Å²) >= 11 is 0. The molecule has 5 aliphatic heterocycles. The van der Waals surface area contributed by atoms with Gasteiger partial charge in [0.1, 0.15) is 18.3 Å². The summed E-state index contributed by atoms with van der Waals surface area (Å²) in [6, 6.07) is 0. The highest BCUT2D eigenvalue weighted by atomic mass is 16.7. The Balaban J connectivity index is 1.20. The first-order valence-electron chi connectivity index (χ1n) is 13.7. The predicted octanol–water partition coefficient (Wildman–Crippen LogP) is 2.82. The van der Waals surface area contributed by atoms with E-state index in [2.05, 4.69) is 20.4 Å². The summed E-state index contributed by atoms with van der Waals surface area (Å²) in [7, 11) is 0. The SMILES string of the molecule is C=C1[C@@H](O)[C@@H]2O[C@]3(CC[C@H](CO)O3)CC[C@H]2O[C@@H]1[C@@H](O)C[C@H](C)[C@H]1O[C@@]2(CCCCO2)CC[C@H]1C. The van der Waals surface area contributed by atoms with E-state index in [0.29, 0.717) is 37.2 Å². The summed E-state index contributed by atoms with van der Waals surface area (Å²) in [5.41, 5.74) is 0.449. The van der Waals surface area contributed by atoms with Crippen molar-refractivity contribution in [3.63, 3.8) is 0 Å². The van der Waals surface area contributed by atoms with Gasteiger partial charge < -0.3 is 39.0 Å². The van der Waals surface area contributed by atoms with E-state index in [1.54, 1.807) is 0 Å². The summed E-state index contributed by atoms with van der Waals surface area (Å²) in [4.78, 5) is 0. The van der Waals surface area contributed by atoms with Crippen molar-refractivity contribution in [1.29, 1.82) is 0 Å². The second-order valence-corrected chi connectivity index (χ2v) is 11.7. The molecule has 2 spiro atoms. The van der Waals surface area contributed by atoms with Gasteiger partial charge in [0.25, 0.3) is 0 Å². The molecular formula is C27H44O8. The monoisotopic (exact) mass is 496 g/mol. The number of ether oxygens (including phenoxy) is 5. The Morgan fingerprint density at radius 1 is 1.03 bits per heavy atom. The molecule has 0 unspecified atom stereocenters. The topological polar surface area (TPSA) is 107 Å². The van der Waals surface area contributed by atoms with Crippen LogP contribution < -0.4 is 0 Å². The van der Waals surface area contributed by atoms with Gasteiger partial charge in [0.15, 0.2) is 11.6 Å². The van der Waals surface area contributed by atoms with Crippen molar-refractivity contribution in [2.24, 2.45) is 11.8 Å². The number of fused-ring (bicyclic) bond motifs is 1. The van der Waals surface area contributed by atoms with Crippen LogP contribution in [0, 0.1) is 11.8 Å². The molecule has 5 aliphatic rings. The van der Waals surface area contributed by atoms with Crippen molar-refractivity contribution in [3.05, 3.63) is 12.2 Å². The van der Waals surface area contributed by atoms with Gasteiger partial charge in [-0.25, -0.2) is 0 Å². The minimum Gasteiger partial charge on any atom is -0.394 e.